The zero-order valence-electron chi connectivity index (χ0n) is 11.7. The Balaban J connectivity index is 2.02. The summed E-state index contributed by atoms with van der Waals surface area (Å²) in [5.74, 6) is 0.687. The molecule has 0 fully saturated rings. The average molecular weight is 261 g/mol. The van der Waals surface area contributed by atoms with E-state index < -0.39 is 0 Å². The minimum absolute atomic E-state index is 0.0566. The monoisotopic (exact) mass is 261 g/mol. The standard InChI is InChI=1S/C13H19N5O/c1-13(2,3)16-8-10-7-11(5-6-14-10)19-12-15-9-18(4)17-12/h5-7,9,16H,8H2,1-4H3. The molecule has 2 aromatic rings. The lowest BCUT2D eigenvalue weighted by atomic mass is 10.1. The van der Waals surface area contributed by atoms with Crippen LogP contribution in [0.2, 0.25) is 0 Å². The highest BCUT2D eigenvalue weighted by atomic mass is 16.5. The first-order chi connectivity index (χ1) is 8.92. The largest absolute Gasteiger partial charge is 0.423 e. The van der Waals surface area contributed by atoms with Gasteiger partial charge in [-0.3, -0.25) is 9.67 Å². The second-order valence-corrected chi connectivity index (χ2v) is 5.39. The number of rotatable bonds is 4. The molecule has 0 spiro atoms. The molecule has 2 heterocycles. The summed E-state index contributed by atoms with van der Waals surface area (Å²) in [7, 11) is 1.80. The van der Waals surface area contributed by atoms with E-state index in [0.29, 0.717) is 18.3 Å². The molecular formula is C13H19N5O. The maximum Gasteiger partial charge on any atom is 0.340 e. The summed E-state index contributed by atoms with van der Waals surface area (Å²) in [6.45, 7) is 7.04. The third-order valence-electron chi connectivity index (χ3n) is 2.38. The van der Waals surface area contributed by atoms with Gasteiger partial charge in [0.05, 0.1) is 5.69 Å². The summed E-state index contributed by atoms with van der Waals surface area (Å²) in [6, 6.07) is 4.01. The van der Waals surface area contributed by atoms with Gasteiger partial charge in [0.15, 0.2) is 0 Å². The van der Waals surface area contributed by atoms with Crippen molar-refractivity contribution in [1.29, 1.82) is 0 Å². The van der Waals surface area contributed by atoms with Crippen LogP contribution in [-0.4, -0.2) is 25.3 Å². The fraction of sp³-hybridized carbons (Fsp3) is 0.462. The van der Waals surface area contributed by atoms with Crippen LogP contribution in [0.4, 0.5) is 0 Å². The van der Waals surface area contributed by atoms with Crippen LogP contribution in [-0.2, 0) is 13.6 Å². The summed E-state index contributed by atoms with van der Waals surface area (Å²) in [5.41, 5.74) is 0.976. The summed E-state index contributed by atoms with van der Waals surface area (Å²) in [4.78, 5) is 8.32. The highest BCUT2D eigenvalue weighted by Crippen LogP contribution is 2.17. The van der Waals surface area contributed by atoms with Gasteiger partial charge in [-0.25, -0.2) is 0 Å². The summed E-state index contributed by atoms with van der Waals surface area (Å²) in [6.07, 6.45) is 3.32. The highest BCUT2D eigenvalue weighted by molar-refractivity contribution is 5.25. The maximum atomic E-state index is 5.56. The lowest BCUT2D eigenvalue weighted by Gasteiger charge is -2.20. The van der Waals surface area contributed by atoms with Crippen LogP contribution in [0.3, 0.4) is 0 Å². The van der Waals surface area contributed by atoms with E-state index in [2.05, 4.69) is 41.2 Å². The third-order valence-corrected chi connectivity index (χ3v) is 2.38. The third kappa shape index (κ3) is 4.33. The van der Waals surface area contributed by atoms with E-state index in [-0.39, 0.29) is 5.54 Å². The Kier molecular flexibility index (Phi) is 3.80. The lowest BCUT2D eigenvalue weighted by molar-refractivity contribution is 0.416. The molecule has 0 saturated carbocycles. The zero-order valence-corrected chi connectivity index (χ0v) is 11.7. The van der Waals surface area contributed by atoms with Gasteiger partial charge in [0.1, 0.15) is 12.1 Å². The molecule has 0 unspecified atom stereocenters. The van der Waals surface area contributed by atoms with Gasteiger partial charge in [0.25, 0.3) is 0 Å². The van der Waals surface area contributed by atoms with Crippen LogP contribution in [0.1, 0.15) is 26.5 Å². The molecule has 2 rings (SSSR count). The number of hydrogen-bond acceptors (Lipinski definition) is 5. The number of hydrogen-bond donors (Lipinski definition) is 1. The fourth-order valence-electron chi connectivity index (χ4n) is 1.44. The van der Waals surface area contributed by atoms with E-state index in [9.17, 15) is 0 Å². The molecule has 19 heavy (non-hydrogen) atoms. The molecule has 0 aliphatic rings. The van der Waals surface area contributed by atoms with E-state index in [4.69, 9.17) is 4.74 Å². The SMILES string of the molecule is Cn1cnc(Oc2ccnc(CNC(C)(C)C)c2)n1. The molecule has 0 saturated heterocycles. The van der Waals surface area contributed by atoms with Crippen LogP contribution in [0.15, 0.2) is 24.7 Å². The summed E-state index contributed by atoms with van der Waals surface area (Å²) >= 11 is 0. The van der Waals surface area contributed by atoms with Crippen LogP contribution in [0.5, 0.6) is 11.8 Å². The second-order valence-electron chi connectivity index (χ2n) is 5.39. The van der Waals surface area contributed by atoms with Gasteiger partial charge in [0, 0.05) is 31.4 Å². The molecule has 0 aliphatic heterocycles. The molecule has 0 atom stereocenters. The van der Waals surface area contributed by atoms with E-state index in [1.807, 2.05) is 6.07 Å². The van der Waals surface area contributed by atoms with Gasteiger partial charge in [-0.1, -0.05) is 0 Å². The molecule has 1 N–H and O–H groups in total. The average Bonchev–Trinajstić information content (AvgIpc) is 2.72. The first-order valence-corrected chi connectivity index (χ1v) is 6.16. The smallest absolute Gasteiger partial charge is 0.340 e. The zero-order chi connectivity index (χ0) is 13.9. The van der Waals surface area contributed by atoms with Gasteiger partial charge < -0.3 is 10.1 Å². The van der Waals surface area contributed by atoms with E-state index in [0.717, 1.165) is 5.69 Å². The van der Waals surface area contributed by atoms with Crippen LogP contribution in [0, 0.1) is 0 Å². The van der Waals surface area contributed by atoms with Crippen molar-refractivity contribution in [2.45, 2.75) is 32.9 Å². The van der Waals surface area contributed by atoms with E-state index in [1.165, 1.54) is 0 Å². The quantitative estimate of drug-likeness (QED) is 0.910. The van der Waals surface area contributed by atoms with Crippen LogP contribution in [0.25, 0.3) is 0 Å². The molecular weight excluding hydrogens is 242 g/mol. The van der Waals surface area contributed by atoms with Crippen LogP contribution < -0.4 is 10.1 Å². The van der Waals surface area contributed by atoms with Crippen LogP contribution >= 0.6 is 0 Å². The highest BCUT2D eigenvalue weighted by Gasteiger charge is 2.09. The lowest BCUT2D eigenvalue weighted by Crippen LogP contribution is -2.35. The second kappa shape index (κ2) is 5.36. The fourth-order valence-corrected chi connectivity index (χ4v) is 1.44. The number of aryl methyl sites for hydroxylation is 1. The molecule has 6 heteroatoms. The van der Waals surface area contributed by atoms with Crippen molar-refractivity contribution in [2.24, 2.45) is 7.05 Å². The van der Waals surface area contributed by atoms with Crippen molar-refractivity contribution < 1.29 is 4.74 Å². The Morgan fingerprint density at radius 1 is 1.32 bits per heavy atom. The summed E-state index contributed by atoms with van der Waals surface area (Å²) < 4.78 is 7.16. The Hall–Kier alpha value is -1.95. The molecule has 0 aromatic carbocycles. The Morgan fingerprint density at radius 3 is 2.74 bits per heavy atom. The summed E-state index contributed by atoms with van der Waals surface area (Å²) in [5, 5.41) is 7.45. The minimum Gasteiger partial charge on any atom is -0.423 e. The molecule has 0 bridgehead atoms. The minimum atomic E-state index is 0.0566. The maximum absolute atomic E-state index is 5.56. The van der Waals surface area contributed by atoms with Crippen molar-refractivity contribution in [2.75, 3.05) is 0 Å². The van der Waals surface area contributed by atoms with E-state index >= 15 is 0 Å². The van der Waals surface area contributed by atoms with Gasteiger partial charge in [0.2, 0.25) is 0 Å². The molecule has 102 valence electrons. The Labute approximate surface area is 112 Å². The Morgan fingerprint density at radius 2 is 2.11 bits per heavy atom. The van der Waals surface area contributed by atoms with Crippen molar-refractivity contribution in [3.05, 3.63) is 30.4 Å². The predicted molar refractivity (Wildman–Crippen MR) is 71.9 cm³/mol. The first kappa shape index (κ1) is 13.5. The molecule has 0 aliphatic carbocycles. The molecule has 0 amide bonds. The van der Waals surface area contributed by atoms with Crippen molar-refractivity contribution in [3.63, 3.8) is 0 Å². The number of ether oxygens (including phenoxy) is 1. The van der Waals surface area contributed by atoms with Gasteiger partial charge in [-0.15, -0.1) is 5.10 Å². The first-order valence-electron chi connectivity index (χ1n) is 6.16. The molecule has 6 nitrogen and oxygen atoms in total. The Bertz CT molecular complexity index is 544. The van der Waals surface area contributed by atoms with E-state index in [1.54, 1.807) is 30.3 Å². The number of aromatic nitrogens is 4. The van der Waals surface area contributed by atoms with Crippen molar-refractivity contribution >= 4 is 0 Å². The van der Waals surface area contributed by atoms with Gasteiger partial charge >= 0.3 is 6.01 Å². The number of nitrogens with one attached hydrogen (secondary N) is 1. The topological polar surface area (TPSA) is 64.9 Å². The van der Waals surface area contributed by atoms with Gasteiger partial charge in [-0.05, 0) is 26.8 Å². The molecule has 2 aromatic heterocycles. The van der Waals surface area contributed by atoms with Crippen molar-refractivity contribution in [1.82, 2.24) is 25.1 Å². The van der Waals surface area contributed by atoms with Crippen molar-refractivity contribution in [3.8, 4) is 11.8 Å². The number of nitrogens with zero attached hydrogens (tertiary/aromatic N) is 4. The van der Waals surface area contributed by atoms with Gasteiger partial charge in [-0.2, -0.15) is 4.98 Å². The molecule has 0 radical (unpaired) electrons. The normalized spacial score (nSPS) is 11.6. The predicted octanol–water partition coefficient (Wildman–Crippen LogP) is 1.89. The number of pyridine rings is 1.